The number of alkyl carbamates (subject to hydrolysis) is 1. The van der Waals surface area contributed by atoms with Crippen molar-refractivity contribution in [3.8, 4) is 0 Å². The van der Waals surface area contributed by atoms with Crippen LogP contribution < -0.4 is 10.6 Å². The first-order valence-corrected chi connectivity index (χ1v) is 22.3. The fourth-order valence-corrected chi connectivity index (χ4v) is 13.9. The smallest absolute Gasteiger partial charge is 0.407 e. The van der Waals surface area contributed by atoms with Crippen LogP contribution in [0.3, 0.4) is 0 Å². The topological polar surface area (TPSA) is 168 Å². The van der Waals surface area contributed by atoms with Gasteiger partial charge >= 0.3 is 24.0 Å². The Morgan fingerprint density at radius 3 is 2.09 bits per heavy atom. The highest BCUT2D eigenvalue weighted by Gasteiger charge is 2.72. The van der Waals surface area contributed by atoms with Crippen molar-refractivity contribution in [1.82, 2.24) is 10.6 Å². The first kappa shape index (κ1) is 46.0. The third kappa shape index (κ3) is 8.19. The number of esters is 1. The van der Waals surface area contributed by atoms with Crippen LogP contribution in [0.25, 0.3) is 0 Å². The van der Waals surface area contributed by atoms with Crippen LogP contribution in [0, 0.1) is 62.1 Å². The van der Waals surface area contributed by atoms with Gasteiger partial charge in [0.05, 0.1) is 17.3 Å². The summed E-state index contributed by atoms with van der Waals surface area (Å²) in [5.41, 5.74) is -1.58. The molecule has 0 saturated heterocycles. The predicted molar refractivity (Wildman–Crippen MR) is 223 cm³/mol. The molecule has 0 radical (unpaired) electrons. The van der Waals surface area contributed by atoms with Gasteiger partial charge in [0.25, 0.3) is 0 Å². The van der Waals surface area contributed by atoms with Crippen molar-refractivity contribution in [3.63, 3.8) is 0 Å². The molecule has 5 aliphatic rings. The molecule has 5 saturated carbocycles. The van der Waals surface area contributed by atoms with Crippen LogP contribution in [-0.2, 0) is 28.7 Å². The molecule has 0 unspecified atom stereocenters. The third-order valence-corrected chi connectivity index (χ3v) is 17.1. The van der Waals surface area contributed by atoms with Gasteiger partial charge in [0.1, 0.15) is 17.7 Å². The van der Waals surface area contributed by atoms with Crippen molar-refractivity contribution in [1.29, 1.82) is 0 Å². The van der Waals surface area contributed by atoms with Gasteiger partial charge in [-0.05, 0) is 171 Å². The molecule has 0 aromatic carbocycles. The van der Waals surface area contributed by atoms with Crippen LogP contribution in [0.4, 0.5) is 4.79 Å². The van der Waals surface area contributed by atoms with E-state index in [4.69, 9.17) is 9.47 Å². The molecule has 11 atom stereocenters. The van der Waals surface area contributed by atoms with E-state index in [0.29, 0.717) is 37.1 Å². The van der Waals surface area contributed by atoms with Crippen LogP contribution >= 0.6 is 0 Å². The normalized spacial score (nSPS) is 37.1. The summed E-state index contributed by atoms with van der Waals surface area (Å²) < 4.78 is 11.5. The first-order valence-electron chi connectivity index (χ1n) is 22.3. The average molecular weight is 813 g/mol. The van der Waals surface area contributed by atoms with E-state index in [9.17, 15) is 34.2 Å². The summed E-state index contributed by atoms with van der Waals surface area (Å²) >= 11 is 0. The van der Waals surface area contributed by atoms with Crippen molar-refractivity contribution in [3.05, 3.63) is 12.2 Å². The van der Waals surface area contributed by atoms with Crippen molar-refractivity contribution in [2.24, 2.45) is 62.1 Å². The Balaban J connectivity index is 1.32. The molecule has 5 aliphatic carbocycles. The number of carboxylic acids is 2. The van der Waals surface area contributed by atoms with E-state index < -0.39 is 46.5 Å². The number of carbonyl (C=O) groups is 5. The van der Waals surface area contributed by atoms with Crippen LogP contribution in [0.15, 0.2) is 12.2 Å². The quantitative estimate of drug-likeness (QED) is 0.0805. The second kappa shape index (κ2) is 16.1. The summed E-state index contributed by atoms with van der Waals surface area (Å²) in [4.78, 5) is 64.2. The zero-order valence-corrected chi connectivity index (χ0v) is 37.6. The lowest BCUT2D eigenvalue weighted by molar-refractivity contribution is -0.249. The molecule has 58 heavy (non-hydrogen) atoms. The summed E-state index contributed by atoms with van der Waals surface area (Å²) in [6.07, 6.45) is 9.53. The number of carboxylic acid groups (broad SMARTS) is 2. The van der Waals surface area contributed by atoms with Gasteiger partial charge in [0.2, 0.25) is 5.91 Å². The highest BCUT2D eigenvalue weighted by atomic mass is 16.6. The molecule has 0 bridgehead atoms. The highest BCUT2D eigenvalue weighted by molar-refractivity contribution is 5.88. The van der Waals surface area contributed by atoms with Gasteiger partial charge < -0.3 is 30.3 Å². The SMILES string of the molecule is C=C(C)[C@@H]1CC[C@]2(C(=O)N[C@@H](CCCCNC(=O)OC(C)(C)C)C(=O)O)CC[C@]3(C)[C@H](CC[C@@H]4[C@@]5(C)CC[C@H](OC(=O)CC(C)(C)C(=O)O)C(C)(C)[C@@H]5CC[C@]43C)[C@@H]12. The van der Waals surface area contributed by atoms with Crippen LogP contribution in [0.5, 0.6) is 0 Å². The second-order valence-corrected chi connectivity index (χ2v) is 22.3. The molecule has 2 amide bonds. The van der Waals surface area contributed by atoms with Crippen molar-refractivity contribution in [2.75, 3.05) is 6.54 Å². The largest absolute Gasteiger partial charge is 0.481 e. The van der Waals surface area contributed by atoms with E-state index in [1.807, 2.05) is 0 Å². The monoisotopic (exact) mass is 813 g/mol. The maximum absolute atomic E-state index is 14.7. The molecular weight excluding hydrogens is 737 g/mol. The maximum atomic E-state index is 14.7. The van der Waals surface area contributed by atoms with E-state index in [0.717, 1.165) is 69.8 Å². The second-order valence-electron chi connectivity index (χ2n) is 22.3. The molecule has 4 N–H and O–H groups in total. The minimum Gasteiger partial charge on any atom is -0.481 e. The molecule has 5 rings (SSSR count). The summed E-state index contributed by atoms with van der Waals surface area (Å²) in [6.45, 7) is 27.5. The number of carbonyl (C=O) groups excluding carboxylic acids is 3. The number of nitrogens with one attached hydrogen (secondary N) is 2. The Morgan fingerprint density at radius 2 is 1.48 bits per heavy atom. The Hall–Kier alpha value is -3.11. The van der Waals surface area contributed by atoms with Gasteiger partial charge in [-0.1, -0.05) is 46.8 Å². The zero-order chi connectivity index (χ0) is 43.4. The molecule has 0 aliphatic heterocycles. The lowest BCUT2D eigenvalue weighted by Gasteiger charge is -2.72. The van der Waals surface area contributed by atoms with Crippen molar-refractivity contribution < 1.29 is 43.7 Å². The number of amides is 2. The average Bonchev–Trinajstić information content (AvgIpc) is 3.49. The molecule has 11 heteroatoms. The Morgan fingerprint density at radius 1 is 0.810 bits per heavy atom. The predicted octanol–water partition coefficient (Wildman–Crippen LogP) is 9.32. The summed E-state index contributed by atoms with van der Waals surface area (Å²) in [5, 5.41) is 25.7. The van der Waals surface area contributed by atoms with E-state index in [2.05, 4.69) is 58.8 Å². The van der Waals surface area contributed by atoms with Gasteiger partial charge in [-0.15, -0.1) is 0 Å². The minimum absolute atomic E-state index is 0.0219. The van der Waals surface area contributed by atoms with Gasteiger partial charge in [0, 0.05) is 12.0 Å². The van der Waals surface area contributed by atoms with Gasteiger partial charge in [-0.2, -0.15) is 0 Å². The summed E-state index contributed by atoms with van der Waals surface area (Å²) in [6, 6.07) is -1.01. The number of allylic oxidation sites excluding steroid dienone is 1. The number of fused-ring (bicyclic) bond motifs is 7. The number of rotatable bonds is 13. The number of hydrogen-bond donors (Lipinski definition) is 4. The molecule has 5 fully saturated rings. The van der Waals surface area contributed by atoms with E-state index in [-0.39, 0.29) is 58.3 Å². The Labute approximate surface area is 348 Å². The number of ether oxygens (including phenoxy) is 2. The maximum Gasteiger partial charge on any atom is 0.407 e. The number of aliphatic carboxylic acids is 2. The lowest BCUT2D eigenvalue weighted by atomic mass is 9.32. The molecule has 0 aromatic heterocycles. The highest BCUT2D eigenvalue weighted by Crippen LogP contribution is 2.77. The number of hydrogen-bond acceptors (Lipinski definition) is 7. The molecular formula is C47H76N2O9. The summed E-state index contributed by atoms with van der Waals surface area (Å²) in [5.74, 6) is -1.24. The minimum atomic E-state index is -1.19. The third-order valence-electron chi connectivity index (χ3n) is 17.1. The first-order chi connectivity index (χ1) is 26.7. The molecule has 0 aromatic rings. The van der Waals surface area contributed by atoms with Gasteiger partial charge in [-0.3, -0.25) is 14.4 Å². The van der Waals surface area contributed by atoms with Crippen LogP contribution in [-0.4, -0.2) is 64.4 Å². The standard InChI is InChI=1S/C47H76N2O9/c1-28(2)29-18-23-47(38(53)49-31(37(51)52)15-13-14-26-48-40(56)58-41(3,4)5)25-24-45(11)30(36(29)47)16-17-33-44(10)21-20-34(57-35(50)27-42(6,7)39(54)55)43(8,9)32(44)19-22-46(33,45)12/h29-34,36H,1,13-27H2,2-12H3,(H,48,56)(H,49,53)(H,51,52)(H,54,55)/t29-,30+,31-,32-,33+,34-,36+,44-,45+,46+,47-/m0/s1. The Bertz CT molecular complexity index is 1630. The fraction of sp³-hybridized carbons (Fsp3) is 0.851. The van der Waals surface area contributed by atoms with Crippen molar-refractivity contribution in [2.45, 2.75) is 184 Å². The van der Waals surface area contributed by atoms with E-state index in [1.54, 1.807) is 34.6 Å². The van der Waals surface area contributed by atoms with Crippen LogP contribution in [0.2, 0.25) is 0 Å². The van der Waals surface area contributed by atoms with Gasteiger partial charge in [-0.25, -0.2) is 9.59 Å². The Kier molecular flexibility index (Phi) is 12.7. The molecule has 328 valence electrons. The number of unbranched alkanes of at least 4 members (excludes halogenated alkanes) is 1. The van der Waals surface area contributed by atoms with Crippen LogP contribution in [0.1, 0.15) is 166 Å². The van der Waals surface area contributed by atoms with Gasteiger partial charge in [0.15, 0.2) is 0 Å². The molecule has 11 nitrogen and oxygen atoms in total. The zero-order valence-electron chi connectivity index (χ0n) is 37.6. The van der Waals surface area contributed by atoms with Crippen molar-refractivity contribution >= 4 is 29.9 Å². The summed E-state index contributed by atoms with van der Waals surface area (Å²) in [7, 11) is 0. The molecule has 0 spiro atoms. The fourth-order valence-electron chi connectivity index (χ4n) is 13.9. The van der Waals surface area contributed by atoms with E-state index >= 15 is 0 Å². The van der Waals surface area contributed by atoms with E-state index in [1.165, 1.54) is 0 Å². The lowest BCUT2D eigenvalue weighted by Crippen LogP contribution is -2.67. The molecule has 0 heterocycles.